The van der Waals surface area contributed by atoms with E-state index in [1.807, 2.05) is 36.4 Å². The molecule has 1 fully saturated rings. The van der Waals surface area contributed by atoms with Crippen LogP contribution in [0.4, 0.5) is 5.69 Å². The van der Waals surface area contributed by atoms with E-state index in [1.54, 1.807) is 30.5 Å². The highest BCUT2D eigenvalue weighted by Crippen LogP contribution is 2.30. The number of benzene rings is 3. The van der Waals surface area contributed by atoms with Crippen LogP contribution in [0.3, 0.4) is 0 Å². The van der Waals surface area contributed by atoms with Crippen molar-refractivity contribution in [2.24, 2.45) is 0 Å². The normalized spacial score (nSPS) is 13.1. The lowest BCUT2D eigenvalue weighted by molar-refractivity contribution is -0.146. The second-order valence-electron chi connectivity index (χ2n) is 8.10. The number of nitrogens with one attached hydrogen (secondary N) is 2. The largest absolute Gasteiger partial charge is 0.464 e. The third kappa shape index (κ3) is 4.57. The molecule has 33 heavy (non-hydrogen) atoms. The lowest BCUT2D eigenvalue weighted by atomic mass is 10.0. The molecule has 0 spiro atoms. The number of anilines is 1. The average Bonchev–Trinajstić information content (AvgIpc) is 3.55. The molecule has 2 amide bonds. The fourth-order valence-electron chi connectivity index (χ4n) is 3.82. The van der Waals surface area contributed by atoms with E-state index in [1.165, 1.54) is 0 Å². The van der Waals surface area contributed by atoms with E-state index in [-0.39, 0.29) is 18.4 Å². The van der Waals surface area contributed by atoms with Crippen LogP contribution in [0, 0.1) is 0 Å². The maximum Gasteiger partial charge on any atom is 0.310 e. The zero-order valence-corrected chi connectivity index (χ0v) is 17.8. The van der Waals surface area contributed by atoms with Gasteiger partial charge in [-0.15, -0.1) is 0 Å². The van der Waals surface area contributed by atoms with Gasteiger partial charge in [0.25, 0.3) is 11.8 Å². The quantitative estimate of drug-likeness (QED) is 0.418. The predicted octanol–water partition coefficient (Wildman–Crippen LogP) is 4.20. The first-order valence-corrected chi connectivity index (χ1v) is 10.8. The average molecular weight is 442 g/mol. The zero-order valence-electron chi connectivity index (χ0n) is 17.8. The summed E-state index contributed by atoms with van der Waals surface area (Å²) in [4.78, 5) is 37.2. The van der Waals surface area contributed by atoms with E-state index in [0.717, 1.165) is 29.0 Å². The molecule has 1 aromatic heterocycles. The number of esters is 1. The highest BCUT2D eigenvalue weighted by atomic mass is 16.5. The predicted molar refractivity (Wildman–Crippen MR) is 124 cm³/mol. The van der Waals surface area contributed by atoms with Gasteiger partial charge < -0.3 is 19.8 Å². The Kier molecular flexibility index (Phi) is 5.52. The number of rotatable bonds is 7. The van der Waals surface area contributed by atoms with Crippen LogP contribution >= 0.6 is 0 Å². The fraction of sp³-hybridized carbons (Fsp3) is 0.192. The summed E-state index contributed by atoms with van der Waals surface area (Å²) in [5.41, 5.74) is 2.15. The molecule has 1 saturated carbocycles. The highest BCUT2D eigenvalue weighted by Gasteiger charge is 2.25. The van der Waals surface area contributed by atoms with Crippen LogP contribution in [0.5, 0.6) is 0 Å². The van der Waals surface area contributed by atoms with Crippen molar-refractivity contribution in [2.75, 3.05) is 11.9 Å². The number of carbonyl (C=O) groups excluding carboxylic acids is 3. The minimum absolute atomic E-state index is 0.0192. The van der Waals surface area contributed by atoms with Gasteiger partial charge in [-0.05, 0) is 41.8 Å². The first-order valence-electron chi connectivity index (χ1n) is 10.8. The van der Waals surface area contributed by atoms with E-state index in [0.29, 0.717) is 22.4 Å². The van der Waals surface area contributed by atoms with Gasteiger partial charge in [0.15, 0.2) is 6.61 Å². The van der Waals surface area contributed by atoms with Crippen molar-refractivity contribution < 1.29 is 23.5 Å². The van der Waals surface area contributed by atoms with Crippen LogP contribution < -0.4 is 10.6 Å². The zero-order chi connectivity index (χ0) is 22.8. The van der Waals surface area contributed by atoms with Crippen molar-refractivity contribution in [2.45, 2.75) is 25.3 Å². The van der Waals surface area contributed by atoms with Gasteiger partial charge in [0.05, 0.1) is 23.9 Å². The number of ether oxygens (including phenoxy) is 1. The number of hydrogen-bond acceptors (Lipinski definition) is 5. The molecule has 7 heteroatoms. The van der Waals surface area contributed by atoms with Gasteiger partial charge in [0.2, 0.25) is 0 Å². The summed E-state index contributed by atoms with van der Waals surface area (Å²) in [6.07, 6.45) is 3.47. The molecule has 1 heterocycles. The van der Waals surface area contributed by atoms with Crippen molar-refractivity contribution in [3.05, 3.63) is 78.1 Å². The SMILES string of the molecule is O=C(COC(=O)Cc1coc2ccc3ccccc3c12)Nc1ccccc1C(=O)NC1CC1. The molecular weight excluding hydrogens is 420 g/mol. The van der Waals surface area contributed by atoms with Crippen LogP contribution in [0.25, 0.3) is 21.7 Å². The van der Waals surface area contributed by atoms with Crippen LogP contribution in [0.2, 0.25) is 0 Å². The van der Waals surface area contributed by atoms with E-state index in [4.69, 9.17) is 9.15 Å². The van der Waals surface area contributed by atoms with Gasteiger partial charge in [-0.1, -0.05) is 42.5 Å². The van der Waals surface area contributed by atoms with E-state index < -0.39 is 18.5 Å². The fourth-order valence-corrected chi connectivity index (χ4v) is 3.82. The Morgan fingerprint density at radius 3 is 2.61 bits per heavy atom. The number of hydrogen-bond donors (Lipinski definition) is 2. The molecule has 1 aliphatic carbocycles. The van der Waals surface area contributed by atoms with Gasteiger partial charge in [-0.2, -0.15) is 0 Å². The molecule has 4 aromatic rings. The summed E-state index contributed by atoms with van der Waals surface area (Å²) in [5.74, 6) is -1.29. The number of fused-ring (bicyclic) bond motifs is 3. The number of furan rings is 1. The Labute approximate surface area is 189 Å². The standard InChI is InChI=1S/C26H22N2O5/c29-23(28-21-8-4-3-7-20(21)26(31)27-18-10-11-18)15-33-24(30)13-17-14-32-22-12-9-16-5-1-2-6-19(16)25(17)22/h1-9,12,14,18H,10-11,13,15H2,(H,27,31)(H,28,29). The number of para-hydroxylation sites is 1. The summed E-state index contributed by atoms with van der Waals surface area (Å²) in [5, 5.41) is 8.46. The van der Waals surface area contributed by atoms with Gasteiger partial charge in [0, 0.05) is 17.0 Å². The minimum atomic E-state index is -0.541. The topological polar surface area (TPSA) is 97.6 Å². The van der Waals surface area contributed by atoms with Crippen molar-refractivity contribution in [1.82, 2.24) is 5.32 Å². The van der Waals surface area contributed by atoms with Gasteiger partial charge >= 0.3 is 5.97 Å². The van der Waals surface area contributed by atoms with Crippen LogP contribution in [-0.4, -0.2) is 30.4 Å². The van der Waals surface area contributed by atoms with E-state index >= 15 is 0 Å². The Bertz CT molecular complexity index is 1370. The molecule has 5 rings (SSSR count). The molecule has 0 aliphatic heterocycles. The van der Waals surface area contributed by atoms with Crippen molar-refractivity contribution in [3.8, 4) is 0 Å². The van der Waals surface area contributed by atoms with Gasteiger partial charge in [-0.25, -0.2) is 0 Å². The first-order chi connectivity index (χ1) is 16.1. The number of carbonyl (C=O) groups is 3. The minimum Gasteiger partial charge on any atom is -0.464 e. The second kappa shape index (κ2) is 8.78. The molecule has 0 saturated heterocycles. The van der Waals surface area contributed by atoms with Crippen molar-refractivity contribution in [1.29, 1.82) is 0 Å². The van der Waals surface area contributed by atoms with Crippen LogP contribution in [0.1, 0.15) is 28.8 Å². The summed E-state index contributed by atoms with van der Waals surface area (Å²) >= 11 is 0. The third-order valence-electron chi connectivity index (χ3n) is 5.60. The molecule has 3 aromatic carbocycles. The monoisotopic (exact) mass is 442 g/mol. The Morgan fingerprint density at radius 2 is 1.76 bits per heavy atom. The Morgan fingerprint density at radius 1 is 0.970 bits per heavy atom. The molecule has 1 aliphatic rings. The van der Waals surface area contributed by atoms with Crippen molar-refractivity contribution in [3.63, 3.8) is 0 Å². The van der Waals surface area contributed by atoms with Crippen LogP contribution in [-0.2, 0) is 20.7 Å². The summed E-state index contributed by atoms with van der Waals surface area (Å²) in [6, 6.07) is 18.7. The van der Waals surface area contributed by atoms with Gasteiger partial charge in [0.1, 0.15) is 5.58 Å². The molecule has 2 N–H and O–H groups in total. The summed E-state index contributed by atoms with van der Waals surface area (Å²) in [7, 11) is 0. The van der Waals surface area contributed by atoms with Crippen LogP contribution in [0.15, 0.2) is 71.3 Å². The molecule has 0 unspecified atom stereocenters. The Balaban J connectivity index is 1.22. The molecule has 7 nitrogen and oxygen atoms in total. The summed E-state index contributed by atoms with van der Waals surface area (Å²) < 4.78 is 10.8. The smallest absolute Gasteiger partial charge is 0.310 e. The maximum atomic E-state index is 12.4. The first kappa shape index (κ1) is 20.8. The molecule has 0 radical (unpaired) electrons. The third-order valence-corrected chi connectivity index (χ3v) is 5.60. The Hall–Kier alpha value is -4.13. The van der Waals surface area contributed by atoms with E-state index in [9.17, 15) is 14.4 Å². The maximum absolute atomic E-state index is 12.4. The van der Waals surface area contributed by atoms with Crippen molar-refractivity contribution >= 4 is 45.2 Å². The lowest BCUT2D eigenvalue weighted by Crippen LogP contribution is -2.28. The molecule has 166 valence electrons. The molecular formula is C26H22N2O5. The van der Waals surface area contributed by atoms with Gasteiger partial charge in [-0.3, -0.25) is 14.4 Å². The second-order valence-corrected chi connectivity index (χ2v) is 8.10. The molecule has 0 atom stereocenters. The lowest BCUT2D eigenvalue weighted by Gasteiger charge is -2.11. The van der Waals surface area contributed by atoms with E-state index in [2.05, 4.69) is 10.6 Å². The highest BCUT2D eigenvalue weighted by molar-refractivity contribution is 6.08. The summed E-state index contributed by atoms with van der Waals surface area (Å²) in [6.45, 7) is -0.450. The molecule has 0 bridgehead atoms. The number of amides is 2.